The topological polar surface area (TPSA) is 103 Å². The largest absolute Gasteiger partial charge is 0.490 e. The van der Waals surface area contributed by atoms with Crippen LogP contribution in [0.25, 0.3) is 0 Å². The van der Waals surface area contributed by atoms with Gasteiger partial charge < -0.3 is 14.8 Å². The van der Waals surface area contributed by atoms with E-state index in [1.54, 1.807) is 36.4 Å². The fraction of sp³-hybridized carbons (Fsp3) is 0.296. The second-order valence-electron chi connectivity index (χ2n) is 9.18. The van der Waals surface area contributed by atoms with E-state index >= 15 is 0 Å². The molecular weight excluding hydrogens is 562 g/mol. The van der Waals surface area contributed by atoms with Gasteiger partial charge in [0.15, 0.2) is 17.0 Å². The molecule has 1 spiro atoms. The van der Waals surface area contributed by atoms with Crippen molar-refractivity contribution in [2.24, 2.45) is 0 Å². The number of carbonyl (C=O) groups is 1. The third kappa shape index (κ3) is 4.35. The van der Waals surface area contributed by atoms with Crippen LogP contribution in [0.1, 0.15) is 36.5 Å². The van der Waals surface area contributed by atoms with Gasteiger partial charge in [-0.2, -0.15) is 0 Å². The number of ether oxygens (including phenoxy) is 2. The number of rotatable bonds is 7. The molecule has 2 heterocycles. The van der Waals surface area contributed by atoms with Gasteiger partial charge in [-0.1, -0.05) is 41.9 Å². The molecule has 5 rings (SSSR count). The Labute approximate surface area is 227 Å². The lowest BCUT2D eigenvalue weighted by atomic mass is 9.78. The molecule has 1 amide bonds. The van der Waals surface area contributed by atoms with E-state index in [9.17, 15) is 14.9 Å². The predicted octanol–water partition coefficient (Wildman–Crippen LogP) is 5.65. The van der Waals surface area contributed by atoms with E-state index in [4.69, 9.17) is 21.1 Å². The Hall–Kier alpha value is -3.14. The van der Waals surface area contributed by atoms with E-state index in [1.165, 1.54) is 0 Å². The van der Waals surface area contributed by atoms with E-state index in [1.807, 2.05) is 38.1 Å². The van der Waals surface area contributed by atoms with Crippen LogP contribution in [0.3, 0.4) is 0 Å². The third-order valence-electron chi connectivity index (χ3n) is 6.95. The number of benzene rings is 3. The molecule has 1 fully saturated rings. The number of fused-ring (bicyclic) bond motifs is 2. The number of hydrogen-bond acceptors (Lipinski definition) is 6. The van der Waals surface area contributed by atoms with Gasteiger partial charge in [-0.05, 0) is 71.2 Å². The lowest BCUT2D eigenvalue weighted by Gasteiger charge is -2.26. The van der Waals surface area contributed by atoms with Crippen molar-refractivity contribution in [3.63, 3.8) is 0 Å². The fourth-order valence-electron chi connectivity index (χ4n) is 5.52. The minimum Gasteiger partial charge on any atom is -0.490 e. The maximum absolute atomic E-state index is 13.3. The van der Waals surface area contributed by atoms with Crippen molar-refractivity contribution in [3.8, 4) is 11.5 Å². The molecule has 0 radical (unpaired) electrons. The molecule has 2 N–H and O–H groups in total. The highest BCUT2D eigenvalue weighted by Gasteiger charge is 2.67. The molecule has 3 aromatic rings. The summed E-state index contributed by atoms with van der Waals surface area (Å²) >= 11 is 9.69. The average molecular weight is 587 g/mol. The molecule has 0 aliphatic carbocycles. The van der Waals surface area contributed by atoms with Gasteiger partial charge in [0, 0.05) is 27.2 Å². The highest BCUT2D eigenvalue weighted by Crippen LogP contribution is 2.51. The predicted molar refractivity (Wildman–Crippen MR) is 144 cm³/mol. The van der Waals surface area contributed by atoms with Crippen LogP contribution in [0.15, 0.2) is 65.1 Å². The zero-order valence-corrected chi connectivity index (χ0v) is 22.5. The Morgan fingerprint density at radius 2 is 1.92 bits per heavy atom. The van der Waals surface area contributed by atoms with Gasteiger partial charge in [0.05, 0.1) is 17.0 Å². The first-order valence-electron chi connectivity index (χ1n) is 11.9. The summed E-state index contributed by atoms with van der Waals surface area (Å²) in [5.41, 5.74) is 1.24. The van der Waals surface area contributed by atoms with Crippen LogP contribution in [0, 0.1) is 10.1 Å². The molecule has 1 saturated heterocycles. The van der Waals surface area contributed by atoms with Crippen molar-refractivity contribution in [2.75, 3.05) is 11.9 Å². The zero-order chi connectivity index (χ0) is 26.3. The molecule has 0 unspecified atom stereocenters. The first kappa shape index (κ1) is 25.5. The van der Waals surface area contributed by atoms with E-state index in [0.717, 1.165) is 5.56 Å². The fourth-order valence-corrected chi connectivity index (χ4v) is 6.31. The number of halogens is 2. The van der Waals surface area contributed by atoms with E-state index in [0.29, 0.717) is 44.4 Å². The second kappa shape index (κ2) is 9.96. The summed E-state index contributed by atoms with van der Waals surface area (Å²) in [5.74, 6) is -0.0966. The number of nitrogens with one attached hydrogen (secondary N) is 2. The van der Waals surface area contributed by atoms with E-state index < -0.39 is 23.4 Å². The summed E-state index contributed by atoms with van der Waals surface area (Å²) in [6.45, 7) is 4.36. The molecule has 10 heteroatoms. The van der Waals surface area contributed by atoms with Crippen LogP contribution < -0.4 is 20.1 Å². The molecule has 2 aliphatic heterocycles. The molecule has 4 atom stereocenters. The number of nitro groups is 1. The Morgan fingerprint density at radius 1 is 1.14 bits per heavy atom. The van der Waals surface area contributed by atoms with Crippen LogP contribution in [-0.4, -0.2) is 29.5 Å². The summed E-state index contributed by atoms with van der Waals surface area (Å²) in [5, 5.41) is 19.3. The number of amides is 1. The summed E-state index contributed by atoms with van der Waals surface area (Å²) in [4.78, 5) is 25.5. The monoisotopic (exact) mass is 585 g/mol. The third-order valence-corrected chi connectivity index (χ3v) is 7.78. The van der Waals surface area contributed by atoms with Gasteiger partial charge in [0.2, 0.25) is 0 Å². The Morgan fingerprint density at radius 3 is 2.65 bits per heavy atom. The Balaban J connectivity index is 1.55. The van der Waals surface area contributed by atoms with E-state index in [2.05, 4.69) is 26.6 Å². The minimum atomic E-state index is -1.48. The SMILES string of the molecule is CCOc1cc([C@@H]2[C@H](C)N[C@@]3(C(=O)Nc4ccccc43)[C@@H]2[N+](=O)[O-])cc(Br)c1OCc1cccc(Cl)c1. The quantitative estimate of drug-likeness (QED) is 0.274. The number of nitrogens with zero attached hydrogens (tertiary/aromatic N) is 1. The molecule has 0 aromatic heterocycles. The van der Waals surface area contributed by atoms with Crippen LogP contribution in [0.4, 0.5) is 5.69 Å². The smallest absolute Gasteiger partial charge is 0.256 e. The van der Waals surface area contributed by atoms with Crippen LogP contribution in [0.2, 0.25) is 5.02 Å². The van der Waals surface area contributed by atoms with Crippen molar-refractivity contribution in [2.45, 2.75) is 44.0 Å². The normalized spacial score (nSPS) is 24.1. The van der Waals surface area contributed by atoms with Gasteiger partial charge in [0.1, 0.15) is 6.61 Å². The first-order chi connectivity index (χ1) is 17.8. The Bertz CT molecular complexity index is 1390. The zero-order valence-electron chi connectivity index (χ0n) is 20.2. The van der Waals surface area contributed by atoms with Crippen LogP contribution in [-0.2, 0) is 16.9 Å². The number of para-hydroxylation sites is 1. The summed E-state index contributed by atoms with van der Waals surface area (Å²) < 4.78 is 12.6. The van der Waals surface area contributed by atoms with Crippen molar-refractivity contribution >= 4 is 39.1 Å². The van der Waals surface area contributed by atoms with Crippen LogP contribution in [0.5, 0.6) is 11.5 Å². The summed E-state index contributed by atoms with van der Waals surface area (Å²) in [6, 6.07) is 16.4. The standard InChI is InChI=1S/C27H25BrClN3O5/c1-3-36-22-13-17(12-20(28)24(22)37-14-16-7-6-8-18(29)11-16)23-15(2)31-27(25(23)32(34)35)19-9-4-5-10-21(19)30-26(27)33/h4-13,15,23,25,31H,3,14H2,1-2H3,(H,30,33)/t15-,23-,25+,27+/m0/s1. The van der Waals surface area contributed by atoms with Gasteiger partial charge in [-0.25, -0.2) is 0 Å². The van der Waals surface area contributed by atoms with Gasteiger partial charge in [-0.15, -0.1) is 0 Å². The van der Waals surface area contributed by atoms with Crippen LogP contribution >= 0.6 is 27.5 Å². The maximum Gasteiger partial charge on any atom is 0.256 e. The summed E-state index contributed by atoms with van der Waals surface area (Å²) in [7, 11) is 0. The van der Waals surface area contributed by atoms with E-state index in [-0.39, 0.29) is 17.6 Å². The first-order valence-corrected chi connectivity index (χ1v) is 13.1. The molecule has 8 nitrogen and oxygen atoms in total. The Kier molecular flexibility index (Phi) is 6.87. The lowest BCUT2D eigenvalue weighted by Crippen LogP contribution is -2.54. The molecule has 37 heavy (non-hydrogen) atoms. The van der Waals surface area contributed by atoms with Crippen molar-refractivity contribution in [3.05, 3.63) is 97.0 Å². The lowest BCUT2D eigenvalue weighted by molar-refractivity contribution is -0.532. The molecule has 0 bridgehead atoms. The minimum absolute atomic E-state index is 0.261. The number of hydrogen-bond donors (Lipinski definition) is 2. The number of carbonyl (C=O) groups excluding carboxylic acids is 1. The highest BCUT2D eigenvalue weighted by atomic mass is 79.9. The van der Waals surface area contributed by atoms with Crippen molar-refractivity contribution in [1.82, 2.24) is 5.32 Å². The van der Waals surface area contributed by atoms with Gasteiger partial charge in [-0.3, -0.25) is 20.2 Å². The van der Waals surface area contributed by atoms with Crippen molar-refractivity contribution < 1.29 is 19.2 Å². The second-order valence-corrected chi connectivity index (χ2v) is 10.5. The molecule has 3 aromatic carbocycles. The van der Waals surface area contributed by atoms with Gasteiger partial charge >= 0.3 is 0 Å². The number of anilines is 1. The summed E-state index contributed by atoms with van der Waals surface area (Å²) in [6.07, 6.45) is 0. The molecule has 2 aliphatic rings. The molecule has 0 saturated carbocycles. The molecular formula is C27H25BrClN3O5. The molecule has 192 valence electrons. The average Bonchev–Trinajstić information content (AvgIpc) is 3.32. The highest BCUT2D eigenvalue weighted by molar-refractivity contribution is 9.10. The van der Waals surface area contributed by atoms with Crippen molar-refractivity contribution in [1.29, 1.82) is 0 Å². The van der Waals surface area contributed by atoms with Gasteiger partial charge in [0.25, 0.3) is 11.9 Å². The maximum atomic E-state index is 13.3.